The lowest BCUT2D eigenvalue weighted by Crippen LogP contribution is -2.38. The number of thiocarbonyl (C=S) groups is 1. The van der Waals surface area contributed by atoms with Gasteiger partial charge in [-0.2, -0.15) is 0 Å². The Labute approximate surface area is 154 Å². The van der Waals surface area contributed by atoms with E-state index in [0.29, 0.717) is 17.2 Å². The molecule has 0 bridgehead atoms. The van der Waals surface area contributed by atoms with Crippen molar-refractivity contribution in [3.05, 3.63) is 65.2 Å². The summed E-state index contributed by atoms with van der Waals surface area (Å²) in [5.41, 5.74) is 2.85. The molecule has 4 nitrogen and oxygen atoms in total. The van der Waals surface area contributed by atoms with Gasteiger partial charge in [-0.1, -0.05) is 36.8 Å². The molecule has 1 atom stereocenters. The monoisotopic (exact) mass is 356 g/mol. The Hall–Kier alpha value is -2.40. The van der Waals surface area contributed by atoms with Crippen molar-refractivity contribution in [1.29, 1.82) is 0 Å². The van der Waals surface area contributed by atoms with Gasteiger partial charge in [0.2, 0.25) is 0 Å². The van der Waals surface area contributed by atoms with Crippen LogP contribution in [0.1, 0.15) is 41.8 Å². The fourth-order valence-electron chi connectivity index (χ4n) is 2.11. The maximum Gasteiger partial charge on any atom is 0.257 e. The zero-order valence-corrected chi connectivity index (χ0v) is 15.7. The standard InChI is InChI=1S/C20H24N2O2S/c1-4-15(3)24-18-11-9-17(10-12-18)19(23)22-20(25)21-13-16-7-5-14(2)6-8-16/h5-12,15H,4,13H2,1-3H3,(H2,21,22,23,25). The van der Waals surface area contributed by atoms with E-state index in [1.807, 2.05) is 38.1 Å². The van der Waals surface area contributed by atoms with Crippen LogP contribution in [0.15, 0.2) is 48.5 Å². The first-order valence-corrected chi connectivity index (χ1v) is 8.80. The summed E-state index contributed by atoms with van der Waals surface area (Å²) in [6, 6.07) is 15.2. The molecule has 0 spiro atoms. The van der Waals surface area contributed by atoms with E-state index in [-0.39, 0.29) is 12.0 Å². The summed E-state index contributed by atoms with van der Waals surface area (Å²) in [5.74, 6) is 0.516. The maximum atomic E-state index is 12.2. The van der Waals surface area contributed by atoms with Crippen LogP contribution < -0.4 is 15.4 Å². The van der Waals surface area contributed by atoms with E-state index in [2.05, 4.69) is 17.6 Å². The fraction of sp³-hybridized carbons (Fsp3) is 0.300. The first-order valence-electron chi connectivity index (χ1n) is 8.39. The van der Waals surface area contributed by atoms with Crippen LogP contribution in [-0.4, -0.2) is 17.1 Å². The predicted molar refractivity (Wildman–Crippen MR) is 105 cm³/mol. The van der Waals surface area contributed by atoms with E-state index in [0.717, 1.165) is 17.7 Å². The van der Waals surface area contributed by atoms with Gasteiger partial charge in [0.1, 0.15) is 5.75 Å². The Morgan fingerprint density at radius 2 is 1.76 bits per heavy atom. The summed E-state index contributed by atoms with van der Waals surface area (Å²) in [6.45, 7) is 6.69. The van der Waals surface area contributed by atoms with Gasteiger partial charge in [0.05, 0.1) is 6.10 Å². The molecule has 2 aromatic carbocycles. The minimum atomic E-state index is -0.239. The normalized spacial score (nSPS) is 11.5. The number of ether oxygens (including phenoxy) is 1. The molecule has 2 N–H and O–H groups in total. The van der Waals surface area contributed by atoms with Gasteiger partial charge in [0.25, 0.3) is 5.91 Å². The van der Waals surface area contributed by atoms with Crippen molar-refractivity contribution >= 4 is 23.2 Å². The molecule has 0 aliphatic rings. The molecule has 0 heterocycles. The van der Waals surface area contributed by atoms with Crippen LogP contribution in [0.5, 0.6) is 5.75 Å². The summed E-state index contributed by atoms with van der Waals surface area (Å²) < 4.78 is 5.71. The third-order valence-corrected chi connectivity index (χ3v) is 4.08. The van der Waals surface area contributed by atoms with Crippen LogP contribution in [0, 0.1) is 6.92 Å². The average Bonchev–Trinajstić information content (AvgIpc) is 2.61. The number of hydrogen-bond donors (Lipinski definition) is 2. The number of aryl methyl sites for hydroxylation is 1. The molecular formula is C20H24N2O2S. The quantitative estimate of drug-likeness (QED) is 0.769. The Bertz CT molecular complexity index is 711. The molecule has 132 valence electrons. The Morgan fingerprint density at radius 3 is 2.36 bits per heavy atom. The lowest BCUT2D eigenvalue weighted by molar-refractivity contribution is 0.0976. The van der Waals surface area contributed by atoms with E-state index in [4.69, 9.17) is 17.0 Å². The maximum absolute atomic E-state index is 12.2. The van der Waals surface area contributed by atoms with Gasteiger partial charge in [-0.15, -0.1) is 0 Å². The summed E-state index contributed by atoms with van der Waals surface area (Å²) in [6.07, 6.45) is 1.08. The fourth-order valence-corrected chi connectivity index (χ4v) is 2.27. The van der Waals surface area contributed by atoms with Crippen LogP contribution in [0.25, 0.3) is 0 Å². The number of carbonyl (C=O) groups excluding carboxylic acids is 1. The summed E-state index contributed by atoms with van der Waals surface area (Å²) >= 11 is 5.19. The molecular weight excluding hydrogens is 332 g/mol. The molecule has 0 aliphatic heterocycles. The molecule has 1 unspecified atom stereocenters. The Morgan fingerprint density at radius 1 is 1.12 bits per heavy atom. The Kier molecular flexibility index (Phi) is 6.95. The number of carbonyl (C=O) groups is 1. The number of hydrogen-bond acceptors (Lipinski definition) is 3. The lowest BCUT2D eigenvalue weighted by Gasteiger charge is -2.13. The second-order valence-electron chi connectivity index (χ2n) is 5.98. The van der Waals surface area contributed by atoms with Gasteiger partial charge >= 0.3 is 0 Å². The van der Waals surface area contributed by atoms with Crippen molar-refractivity contribution in [2.24, 2.45) is 0 Å². The Balaban J connectivity index is 1.84. The van der Waals surface area contributed by atoms with Crippen LogP contribution in [0.2, 0.25) is 0 Å². The molecule has 0 radical (unpaired) electrons. The average molecular weight is 356 g/mol. The van der Waals surface area contributed by atoms with E-state index in [1.54, 1.807) is 24.3 Å². The molecule has 1 amide bonds. The minimum Gasteiger partial charge on any atom is -0.491 e. The van der Waals surface area contributed by atoms with Gasteiger partial charge < -0.3 is 10.1 Å². The van der Waals surface area contributed by atoms with E-state index in [9.17, 15) is 4.79 Å². The highest BCUT2D eigenvalue weighted by atomic mass is 32.1. The van der Waals surface area contributed by atoms with Crippen molar-refractivity contribution in [1.82, 2.24) is 10.6 Å². The molecule has 0 aromatic heterocycles. The highest BCUT2D eigenvalue weighted by Crippen LogP contribution is 2.14. The second kappa shape index (κ2) is 9.18. The van der Waals surface area contributed by atoms with Crippen molar-refractivity contribution in [3.63, 3.8) is 0 Å². The topological polar surface area (TPSA) is 50.4 Å². The largest absolute Gasteiger partial charge is 0.491 e. The van der Waals surface area contributed by atoms with Crippen LogP contribution >= 0.6 is 12.2 Å². The van der Waals surface area contributed by atoms with Gasteiger partial charge in [0.15, 0.2) is 5.11 Å². The highest BCUT2D eigenvalue weighted by Gasteiger charge is 2.08. The molecule has 0 saturated heterocycles. The molecule has 25 heavy (non-hydrogen) atoms. The van der Waals surface area contributed by atoms with E-state index < -0.39 is 0 Å². The van der Waals surface area contributed by atoms with Crippen LogP contribution in [0.4, 0.5) is 0 Å². The number of rotatable bonds is 6. The van der Waals surface area contributed by atoms with Gasteiger partial charge in [-0.05, 0) is 62.3 Å². The zero-order chi connectivity index (χ0) is 18.2. The van der Waals surface area contributed by atoms with Crippen molar-refractivity contribution in [3.8, 4) is 5.75 Å². The number of amides is 1. The predicted octanol–water partition coefficient (Wildman–Crippen LogP) is 3.98. The third kappa shape index (κ3) is 6.19. The molecule has 0 aliphatic carbocycles. The minimum absolute atomic E-state index is 0.151. The van der Waals surface area contributed by atoms with Gasteiger partial charge in [-0.3, -0.25) is 10.1 Å². The first kappa shape index (κ1) is 18.9. The lowest BCUT2D eigenvalue weighted by atomic mass is 10.1. The highest BCUT2D eigenvalue weighted by molar-refractivity contribution is 7.80. The smallest absolute Gasteiger partial charge is 0.257 e. The molecule has 0 fully saturated rings. The van der Waals surface area contributed by atoms with Crippen molar-refractivity contribution < 1.29 is 9.53 Å². The number of benzene rings is 2. The third-order valence-electron chi connectivity index (χ3n) is 3.83. The van der Waals surface area contributed by atoms with Crippen LogP contribution in [0.3, 0.4) is 0 Å². The summed E-state index contributed by atoms with van der Waals surface area (Å²) in [4.78, 5) is 12.2. The van der Waals surface area contributed by atoms with Crippen molar-refractivity contribution in [2.75, 3.05) is 0 Å². The van der Waals surface area contributed by atoms with E-state index in [1.165, 1.54) is 5.56 Å². The molecule has 5 heteroatoms. The van der Waals surface area contributed by atoms with Crippen molar-refractivity contribution in [2.45, 2.75) is 39.8 Å². The summed E-state index contributed by atoms with van der Waals surface area (Å²) in [5, 5.41) is 6.04. The molecule has 0 saturated carbocycles. The number of nitrogens with one attached hydrogen (secondary N) is 2. The van der Waals surface area contributed by atoms with Gasteiger partial charge in [-0.25, -0.2) is 0 Å². The summed E-state index contributed by atoms with van der Waals surface area (Å²) in [7, 11) is 0. The zero-order valence-electron chi connectivity index (χ0n) is 14.8. The molecule has 2 rings (SSSR count). The van der Waals surface area contributed by atoms with E-state index >= 15 is 0 Å². The van der Waals surface area contributed by atoms with Crippen LogP contribution in [-0.2, 0) is 6.54 Å². The molecule has 2 aromatic rings. The first-order chi connectivity index (χ1) is 12.0. The SMILES string of the molecule is CCC(C)Oc1ccc(C(=O)NC(=S)NCc2ccc(C)cc2)cc1. The second-order valence-corrected chi connectivity index (χ2v) is 6.39. The van der Waals surface area contributed by atoms with Gasteiger partial charge in [0, 0.05) is 12.1 Å².